The molecule has 4 heterocycles. The highest BCUT2D eigenvalue weighted by Gasteiger charge is 2.71. The average Bonchev–Trinajstić information content (AvgIpc) is 3.35. The van der Waals surface area contributed by atoms with Crippen molar-refractivity contribution >= 4 is 35.1 Å². The molecule has 11 nitrogen and oxygen atoms in total. The van der Waals surface area contributed by atoms with Crippen LogP contribution < -0.4 is 15.1 Å². The minimum absolute atomic E-state index is 0.0792. The molecule has 0 aromatic heterocycles. The summed E-state index contributed by atoms with van der Waals surface area (Å²) in [6.45, 7) is 7.52. The van der Waals surface area contributed by atoms with Gasteiger partial charge in [-0.05, 0) is 51.5 Å². The summed E-state index contributed by atoms with van der Waals surface area (Å²) in [5.41, 5.74) is 0.281. The van der Waals surface area contributed by atoms with Crippen LogP contribution in [0.15, 0.2) is 48.6 Å². The Hall–Kier alpha value is -3.70. The van der Waals surface area contributed by atoms with E-state index in [1.807, 2.05) is 30.3 Å². The van der Waals surface area contributed by atoms with Crippen LogP contribution in [0.25, 0.3) is 0 Å². The summed E-state index contributed by atoms with van der Waals surface area (Å²) in [4.78, 5) is 59.3. The van der Waals surface area contributed by atoms with E-state index in [1.165, 1.54) is 4.90 Å². The van der Waals surface area contributed by atoms with Crippen LogP contribution in [0, 0.1) is 11.8 Å². The van der Waals surface area contributed by atoms with Crippen LogP contribution in [0.4, 0.5) is 11.4 Å². The number of rotatable bonds is 6. The maximum atomic E-state index is 14.4. The Morgan fingerprint density at radius 3 is 2.50 bits per heavy atom. The van der Waals surface area contributed by atoms with Crippen molar-refractivity contribution < 1.29 is 33.8 Å². The molecule has 1 spiro atoms. The standard InChI is InChI=1S/C31H40N4O7/c1-4-33(5-2)21-11-13-22(14-12-21)34-16-8-15-31-26(28(38)35(17-18-36)27(31)29(34)39)25-23(42-31)9-6-7-10-24(37)32-19-20(3)41-30(25)40/h6,8-9,11-15,20,23,25-27,36H,4-5,7,10,16-19H2,1-3H3,(H,32,37)/b9-6-/t20-,23-,25+,26+,27-,31+/m1/s1. The average molecular weight is 581 g/mol. The number of esters is 1. The molecule has 11 heteroatoms. The number of anilines is 2. The molecule has 2 N–H and O–H groups in total. The highest BCUT2D eigenvalue weighted by molar-refractivity contribution is 6.05. The molecule has 2 fully saturated rings. The van der Waals surface area contributed by atoms with Gasteiger partial charge < -0.3 is 34.6 Å². The van der Waals surface area contributed by atoms with Crippen molar-refractivity contribution in [1.29, 1.82) is 0 Å². The lowest BCUT2D eigenvalue weighted by Crippen LogP contribution is -2.55. The molecule has 5 rings (SSSR count). The summed E-state index contributed by atoms with van der Waals surface area (Å²) >= 11 is 0. The Labute approximate surface area is 246 Å². The van der Waals surface area contributed by atoms with Gasteiger partial charge in [-0.2, -0.15) is 0 Å². The number of hydrogen-bond donors (Lipinski definition) is 2. The third-order valence-corrected chi connectivity index (χ3v) is 8.66. The van der Waals surface area contributed by atoms with E-state index in [2.05, 4.69) is 24.1 Å². The van der Waals surface area contributed by atoms with Gasteiger partial charge >= 0.3 is 5.97 Å². The highest BCUT2D eigenvalue weighted by atomic mass is 16.6. The minimum atomic E-state index is -1.44. The summed E-state index contributed by atoms with van der Waals surface area (Å²) in [6, 6.07) is 6.64. The van der Waals surface area contributed by atoms with Gasteiger partial charge in [-0.25, -0.2) is 0 Å². The number of ether oxygens (including phenoxy) is 2. The first-order chi connectivity index (χ1) is 20.2. The van der Waals surface area contributed by atoms with Crippen molar-refractivity contribution in [3.05, 3.63) is 48.6 Å². The van der Waals surface area contributed by atoms with Crippen LogP contribution in [0.2, 0.25) is 0 Å². The number of nitrogens with one attached hydrogen (secondary N) is 1. The summed E-state index contributed by atoms with van der Waals surface area (Å²) in [5.74, 6) is -3.59. The fraction of sp³-hybridized carbons (Fsp3) is 0.548. The number of fused-ring (bicyclic) bond motifs is 2. The summed E-state index contributed by atoms with van der Waals surface area (Å²) < 4.78 is 12.3. The maximum absolute atomic E-state index is 14.4. The Bertz CT molecular complexity index is 1260. The van der Waals surface area contributed by atoms with Crippen molar-refractivity contribution in [2.24, 2.45) is 11.8 Å². The van der Waals surface area contributed by atoms with Crippen LogP contribution in [-0.2, 0) is 28.7 Å². The lowest BCUT2D eigenvalue weighted by molar-refractivity contribution is -0.158. The van der Waals surface area contributed by atoms with Crippen LogP contribution >= 0.6 is 0 Å². The molecule has 2 saturated heterocycles. The molecule has 1 aromatic rings. The van der Waals surface area contributed by atoms with Gasteiger partial charge in [0.2, 0.25) is 11.8 Å². The number of nitrogens with zero attached hydrogens (tertiary/aromatic N) is 3. The van der Waals surface area contributed by atoms with E-state index in [1.54, 1.807) is 30.1 Å². The predicted molar refractivity (Wildman–Crippen MR) is 156 cm³/mol. The number of allylic oxidation sites excluding steroid dienone is 1. The van der Waals surface area contributed by atoms with Crippen molar-refractivity contribution in [2.45, 2.75) is 57.5 Å². The van der Waals surface area contributed by atoms with Crippen molar-refractivity contribution in [2.75, 3.05) is 49.1 Å². The Morgan fingerprint density at radius 2 is 1.81 bits per heavy atom. The molecular weight excluding hydrogens is 540 g/mol. The number of carbonyl (C=O) groups excluding carboxylic acids is 4. The molecule has 3 amide bonds. The summed E-state index contributed by atoms with van der Waals surface area (Å²) in [5, 5.41) is 12.6. The van der Waals surface area contributed by atoms with Gasteiger partial charge in [0.25, 0.3) is 5.91 Å². The van der Waals surface area contributed by atoms with E-state index >= 15 is 0 Å². The number of hydrogen-bond acceptors (Lipinski definition) is 8. The molecule has 0 radical (unpaired) electrons. The zero-order valence-electron chi connectivity index (χ0n) is 24.4. The second-order valence-corrected chi connectivity index (χ2v) is 11.2. The third-order valence-electron chi connectivity index (χ3n) is 8.66. The van der Waals surface area contributed by atoms with Gasteiger partial charge in [-0.3, -0.25) is 19.2 Å². The monoisotopic (exact) mass is 580 g/mol. The number of aliphatic hydroxyl groups is 1. The lowest BCUT2D eigenvalue weighted by atomic mass is 9.78. The predicted octanol–water partition coefficient (Wildman–Crippen LogP) is 1.41. The summed E-state index contributed by atoms with van der Waals surface area (Å²) in [7, 11) is 0. The fourth-order valence-corrected chi connectivity index (χ4v) is 6.67. The van der Waals surface area contributed by atoms with E-state index in [0.29, 0.717) is 12.1 Å². The molecule has 0 saturated carbocycles. The van der Waals surface area contributed by atoms with E-state index in [0.717, 1.165) is 18.8 Å². The SMILES string of the molecule is CCN(CC)c1ccc(N2CC=C[C@]34O[C@@H]5/C=C\CCC(=O)NC[C@@H](C)OC(=O)[C@@H]5[C@H]3C(=O)N(CCO)[C@@H]4C2=O)cc1. The minimum Gasteiger partial charge on any atom is -0.460 e. The lowest BCUT2D eigenvalue weighted by Gasteiger charge is -2.35. The quantitative estimate of drug-likeness (QED) is 0.382. The van der Waals surface area contributed by atoms with E-state index in [9.17, 15) is 24.3 Å². The molecule has 0 aliphatic carbocycles. The number of benzene rings is 1. The summed E-state index contributed by atoms with van der Waals surface area (Å²) in [6.07, 6.45) is 6.26. The van der Waals surface area contributed by atoms with Crippen LogP contribution in [0.5, 0.6) is 0 Å². The molecule has 6 atom stereocenters. The zero-order valence-corrected chi connectivity index (χ0v) is 24.4. The number of carbonyl (C=O) groups is 4. The van der Waals surface area contributed by atoms with Crippen molar-refractivity contribution in [3.63, 3.8) is 0 Å². The Morgan fingerprint density at radius 1 is 1.07 bits per heavy atom. The molecule has 0 bridgehead atoms. The molecule has 4 aliphatic rings. The maximum Gasteiger partial charge on any atom is 0.313 e. The van der Waals surface area contributed by atoms with Crippen LogP contribution in [-0.4, -0.2) is 96.9 Å². The number of amides is 3. The topological polar surface area (TPSA) is 129 Å². The fourth-order valence-electron chi connectivity index (χ4n) is 6.67. The second-order valence-electron chi connectivity index (χ2n) is 11.2. The normalized spacial score (nSPS) is 32.1. The number of cyclic esters (lactones) is 1. The van der Waals surface area contributed by atoms with E-state index in [4.69, 9.17) is 9.47 Å². The van der Waals surface area contributed by atoms with E-state index < -0.39 is 47.6 Å². The number of aliphatic hydroxyl groups excluding tert-OH is 1. The first-order valence-electron chi connectivity index (χ1n) is 14.8. The van der Waals surface area contributed by atoms with E-state index in [-0.39, 0.29) is 44.5 Å². The molecule has 0 unspecified atom stereocenters. The van der Waals surface area contributed by atoms with Gasteiger partial charge in [0.05, 0.1) is 25.2 Å². The smallest absolute Gasteiger partial charge is 0.313 e. The zero-order chi connectivity index (χ0) is 30.0. The Kier molecular flexibility index (Phi) is 8.70. The van der Waals surface area contributed by atoms with Gasteiger partial charge in [0, 0.05) is 44.0 Å². The highest BCUT2D eigenvalue weighted by Crippen LogP contribution is 2.53. The van der Waals surface area contributed by atoms with Gasteiger partial charge in [0.1, 0.15) is 23.7 Å². The molecule has 226 valence electrons. The largest absolute Gasteiger partial charge is 0.460 e. The Balaban J connectivity index is 1.53. The molecule has 4 aliphatic heterocycles. The number of likely N-dealkylation sites (tertiary alicyclic amines) is 1. The van der Waals surface area contributed by atoms with Gasteiger partial charge in [-0.15, -0.1) is 0 Å². The first kappa shape index (κ1) is 29.8. The number of β-amino-alcohol motifs (C(OH)–C–C–N with tert-alkyl or cyclic N) is 1. The first-order valence-corrected chi connectivity index (χ1v) is 14.8. The van der Waals surface area contributed by atoms with Crippen molar-refractivity contribution in [1.82, 2.24) is 10.2 Å². The van der Waals surface area contributed by atoms with Gasteiger partial charge in [-0.1, -0.05) is 24.3 Å². The van der Waals surface area contributed by atoms with Crippen molar-refractivity contribution in [3.8, 4) is 0 Å². The molecular formula is C31H40N4O7. The molecule has 1 aromatic carbocycles. The van der Waals surface area contributed by atoms with Gasteiger partial charge in [0.15, 0.2) is 0 Å². The van der Waals surface area contributed by atoms with Crippen LogP contribution in [0.3, 0.4) is 0 Å². The van der Waals surface area contributed by atoms with Crippen LogP contribution in [0.1, 0.15) is 33.6 Å². The second kappa shape index (κ2) is 12.3. The third kappa shape index (κ3) is 5.20. The molecule has 42 heavy (non-hydrogen) atoms.